The van der Waals surface area contributed by atoms with Crippen LogP contribution in [0.2, 0.25) is 0 Å². The average molecular weight is 261 g/mol. The van der Waals surface area contributed by atoms with Gasteiger partial charge in [0.15, 0.2) is 0 Å². The van der Waals surface area contributed by atoms with E-state index in [1.165, 1.54) is 12.1 Å². The highest BCUT2D eigenvalue weighted by Gasteiger charge is 2.11. The summed E-state index contributed by atoms with van der Waals surface area (Å²) in [6.45, 7) is 3.91. The first-order chi connectivity index (χ1) is 8.99. The Balaban J connectivity index is 2.36. The Labute approximate surface area is 111 Å². The second kappa shape index (κ2) is 5.26. The number of nitrogens with zero attached hydrogens (tertiary/aromatic N) is 1. The number of hydrogen-bond acceptors (Lipinski definition) is 1. The zero-order valence-corrected chi connectivity index (χ0v) is 11.0. The molecule has 0 radical (unpaired) electrons. The molecule has 0 atom stereocenters. The van der Waals surface area contributed by atoms with E-state index in [-0.39, 0.29) is 12.2 Å². The Morgan fingerprint density at radius 1 is 1.26 bits per heavy atom. The first-order valence-electron chi connectivity index (χ1n) is 6.14. The fraction of sp³-hybridized carbons (Fsp3) is 0.267. The highest BCUT2D eigenvalue weighted by atomic mass is 19.1. The van der Waals surface area contributed by atoms with Gasteiger partial charge in [0.25, 0.3) is 0 Å². The van der Waals surface area contributed by atoms with Crippen molar-refractivity contribution < 1.29 is 14.3 Å². The molecule has 1 N–H and O–H groups in total. The molecular formula is C15H16FNO2. The van der Waals surface area contributed by atoms with Crippen molar-refractivity contribution in [2.45, 2.75) is 26.7 Å². The van der Waals surface area contributed by atoms with Crippen LogP contribution in [0.5, 0.6) is 0 Å². The van der Waals surface area contributed by atoms with E-state index in [0.29, 0.717) is 6.42 Å². The Hall–Kier alpha value is -2.10. The van der Waals surface area contributed by atoms with E-state index >= 15 is 0 Å². The third-order valence-electron chi connectivity index (χ3n) is 3.23. The quantitative estimate of drug-likeness (QED) is 0.918. The van der Waals surface area contributed by atoms with E-state index < -0.39 is 5.97 Å². The van der Waals surface area contributed by atoms with Crippen molar-refractivity contribution in [1.29, 1.82) is 0 Å². The Morgan fingerprint density at radius 2 is 1.89 bits per heavy atom. The van der Waals surface area contributed by atoms with E-state index in [1.54, 1.807) is 12.1 Å². The first kappa shape index (κ1) is 13.3. The summed E-state index contributed by atoms with van der Waals surface area (Å²) < 4.78 is 15.0. The van der Waals surface area contributed by atoms with Crippen molar-refractivity contribution in [2.75, 3.05) is 0 Å². The van der Waals surface area contributed by atoms with Crippen molar-refractivity contribution in [3.8, 4) is 5.69 Å². The van der Waals surface area contributed by atoms with E-state index in [4.69, 9.17) is 5.11 Å². The van der Waals surface area contributed by atoms with Gasteiger partial charge < -0.3 is 9.67 Å². The van der Waals surface area contributed by atoms with Crippen LogP contribution in [-0.2, 0) is 11.2 Å². The van der Waals surface area contributed by atoms with Gasteiger partial charge in [-0.1, -0.05) is 0 Å². The van der Waals surface area contributed by atoms with Crippen molar-refractivity contribution in [1.82, 2.24) is 4.57 Å². The molecule has 0 amide bonds. The van der Waals surface area contributed by atoms with Crippen molar-refractivity contribution in [2.24, 2.45) is 0 Å². The minimum atomic E-state index is -0.799. The summed E-state index contributed by atoms with van der Waals surface area (Å²) in [6.07, 6.45) is 0.629. The van der Waals surface area contributed by atoms with E-state index in [9.17, 15) is 9.18 Å². The predicted octanol–water partition coefficient (Wildman–Crippen LogP) is 3.25. The number of halogens is 1. The van der Waals surface area contributed by atoms with Crippen LogP contribution in [0, 0.1) is 19.7 Å². The molecule has 0 saturated carbocycles. The number of aliphatic carboxylic acids is 1. The lowest BCUT2D eigenvalue weighted by molar-refractivity contribution is -0.136. The average Bonchev–Trinajstić information content (AvgIpc) is 2.63. The second-order valence-corrected chi connectivity index (χ2v) is 4.60. The number of carboxylic acid groups (broad SMARTS) is 1. The Kier molecular flexibility index (Phi) is 3.69. The van der Waals surface area contributed by atoms with Gasteiger partial charge in [-0.25, -0.2) is 4.39 Å². The van der Waals surface area contributed by atoms with Crippen LogP contribution < -0.4 is 0 Å². The molecule has 4 heteroatoms. The molecule has 1 aromatic heterocycles. The van der Waals surface area contributed by atoms with Crippen molar-refractivity contribution in [3.05, 3.63) is 53.1 Å². The van der Waals surface area contributed by atoms with Crippen LogP contribution in [0.4, 0.5) is 4.39 Å². The van der Waals surface area contributed by atoms with Gasteiger partial charge >= 0.3 is 5.97 Å². The molecule has 3 nitrogen and oxygen atoms in total. The number of carbonyl (C=O) groups is 1. The van der Waals surface area contributed by atoms with E-state index in [0.717, 1.165) is 22.6 Å². The number of aromatic nitrogens is 1. The first-order valence-corrected chi connectivity index (χ1v) is 6.14. The molecule has 0 unspecified atom stereocenters. The summed E-state index contributed by atoms with van der Waals surface area (Å²) in [6, 6.07) is 8.27. The van der Waals surface area contributed by atoms with Gasteiger partial charge in [-0.3, -0.25) is 4.79 Å². The Morgan fingerprint density at radius 3 is 2.47 bits per heavy atom. The van der Waals surface area contributed by atoms with Crippen LogP contribution in [0.1, 0.15) is 23.4 Å². The maximum absolute atomic E-state index is 12.9. The van der Waals surface area contributed by atoms with Crippen LogP contribution in [0.25, 0.3) is 5.69 Å². The molecule has 2 rings (SSSR count). The molecule has 0 bridgehead atoms. The van der Waals surface area contributed by atoms with E-state index in [2.05, 4.69) is 0 Å². The Bertz CT molecular complexity index is 599. The molecule has 0 aliphatic carbocycles. The second-order valence-electron chi connectivity index (χ2n) is 4.60. The molecule has 0 fully saturated rings. The van der Waals surface area contributed by atoms with Crippen LogP contribution in [0.15, 0.2) is 30.3 Å². The van der Waals surface area contributed by atoms with Gasteiger partial charge in [-0.2, -0.15) is 0 Å². The third kappa shape index (κ3) is 2.84. The molecule has 1 heterocycles. The largest absolute Gasteiger partial charge is 0.481 e. The van der Waals surface area contributed by atoms with Crippen LogP contribution in [0.3, 0.4) is 0 Å². The number of carboxylic acids is 1. The molecule has 0 saturated heterocycles. The summed E-state index contributed by atoms with van der Waals surface area (Å²) in [5.41, 5.74) is 3.93. The number of aryl methyl sites for hydroxylation is 2. The lowest BCUT2D eigenvalue weighted by atomic mass is 10.1. The van der Waals surface area contributed by atoms with E-state index in [1.807, 2.05) is 24.5 Å². The normalized spacial score (nSPS) is 10.7. The SMILES string of the molecule is Cc1cc(CCC(=O)O)c(C)n1-c1ccc(F)cc1. The number of benzene rings is 1. The van der Waals surface area contributed by atoms with Gasteiger partial charge in [-0.05, 0) is 56.2 Å². The maximum atomic E-state index is 12.9. The fourth-order valence-electron chi connectivity index (χ4n) is 2.31. The summed E-state index contributed by atoms with van der Waals surface area (Å²) in [5, 5.41) is 8.74. The molecule has 19 heavy (non-hydrogen) atoms. The summed E-state index contributed by atoms with van der Waals surface area (Å²) >= 11 is 0. The molecule has 100 valence electrons. The van der Waals surface area contributed by atoms with Crippen LogP contribution in [-0.4, -0.2) is 15.6 Å². The molecule has 2 aromatic rings. The topological polar surface area (TPSA) is 42.2 Å². The van der Waals surface area contributed by atoms with Gasteiger partial charge in [0, 0.05) is 23.5 Å². The standard InChI is InChI=1S/C15H16FNO2/c1-10-9-12(3-8-15(18)19)11(2)17(10)14-6-4-13(16)5-7-14/h4-7,9H,3,8H2,1-2H3,(H,18,19). The lowest BCUT2D eigenvalue weighted by Gasteiger charge is -2.09. The minimum Gasteiger partial charge on any atom is -0.481 e. The molecular weight excluding hydrogens is 245 g/mol. The van der Waals surface area contributed by atoms with Gasteiger partial charge in [0.2, 0.25) is 0 Å². The lowest BCUT2D eigenvalue weighted by Crippen LogP contribution is -2.01. The summed E-state index contributed by atoms with van der Waals surface area (Å²) in [7, 11) is 0. The summed E-state index contributed by atoms with van der Waals surface area (Å²) in [4.78, 5) is 10.6. The molecule has 0 spiro atoms. The minimum absolute atomic E-state index is 0.119. The van der Waals surface area contributed by atoms with Crippen LogP contribution >= 0.6 is 0 Å². The highest BCUT2D eigenvalue weighted by Crippen LogP contribution is 2.22. The smallest absolute Gasteiger partial charge is 0.303 e. The third-order valence-corrected chi connectivity index (χ3v) is 3.23. The monoisotopic (exact) mass is 261 g/mol. The maximum Gasteiger partial charge on any atom is 0.303 e. The fourth-order valence-corrected chi connectivity index (χ4v) is 2.31. The van der Waals surface area contributed by atoms with Crippen molar-refractivity contribution in [3.63, 3.8) is 0 Å². The zero-order valence-electron chi connectivity index (χ0n) is 11.0. The zero-order chi connectivity index (χ0) is 14.0. The van der Waals surface area contributed by atoms with Crippen molar-refractivity contribution >= 4 is 5.97 Å². The molecule has 0 aliphatic heterocycles. The van der Waals surface area contributed by atoms with Gasteiger partial charge in [-0.15, -0.1) is 0 Å². The molecule has 1 aromatic carbocycles. The number of hydrogen-bond donors (Lipinski definition) is 1. The van der Waals surface area contributed by atoms with Gasteiger partial charge in [0.05, 0.1) is 0 Å². The number of rotatable bonds is 4. The molecule has 0 aliphatic rings. The highest BCUT2D eigenvalue weighted by molar-refractivity contribution is 5.67. The van der Waals surface area contributed by atoms with Gasteiger partial charge in [0.1, 0.15) is 5.82 Å². The summed E-state index contributed by atoms with van der Waals surface area (Å²) in [5.74, 6) is -1.07. The predicted molar refractivity (Wildman–Crippen MR) is 71.2 cm³/mol.